The zero-order valence-electron chi connectivity index (χ0n) is 18.5. The summed E-state index contributed by atoms with van der Waals surface area (Å²) in [5, 5.41) is 5.21. The number of rotatable bonds is 7. The van der Waals surface area contributed by atoms with Gasteiger partial charge in [-0.15, -0.1) is 0 Å². The second-order valence-corrected chi connectivity index (χ2v) is 9.15. The van der Waals surface area contributed by atoms with Crippen molar-refractivity contribution in [1.82, 2.24) is 14.8 Å². The van der Waals surface area contributed by atoms with Crippen LogP contribution in [0.2, 0.25) is 5.02 Å². The molecule has 1 saturated heterocycles. The molecule has 2 aromatic carbocycles. The van der Waals surface area contributed by atoms with E-state index in [0.717, 1.165) is 56.0 Å². The van der Waals surface area contributed by atoms with Crippen molar-refractivity contribution in [2.75, 3.05) is 13.1 Å². The zero-order valence-corrected chi connectivity index (χ0v) is 19.2. The molecule has 1 fully saturated rings. The number of likely N-dealkylation sites (tertiary alicyclic amines) is 1. The fourth-order valence-corrected chi connectivity index (χ4v) is 4.62. The van der Waals surface area contributed by atoms with Crippen LogP contribution in [0.4, 0.5) is 0 Å². The number of carbonyl (C=O) groups is 1. The van der Waals surface area contributed by atoms with Crippen LogP contribution in [0.5, 0.6) is 0 Å². The molecule has 1 atom stereocenters. The number of hydrogen-bond acceptors (Lipinski definition) is 2. The number of nitrogens with zero attached hydrogens (tertiary/aromatic N) is 2. The normalized spacial score (nSPS) is 16.5. The van der Waals surface area contributed by atoms with E-state index in [1.165, 1.54) is 16.6 Å². The van der Waals surface area contributed by atoms with Crippen LogP contribution in [0, 0.1) is 5.92 Å². The van der Waals surface area contributed by atoms with Crippen LogP contribution < -0.4 is 5.32 Å². The molecule has 1 aliphatic heterocycles. The molecule has 5 heteroatoms. The number of hydrogen-bond donors (Lipinski definition) is 1. The first-order valence-electron chi connectivity index (χ1n) is 11.4. The number of piperidine rings is 1. The molecule has 1 aliphatic rings. The van der Waals surface area contributed by atoms with Crippen LogP contribution in [0.25, 0.3) is 10.9 Å². The molecule has 0 radical (unpaired) electrons. The Morgan fingerprint density at radius 1 is 1.10 bits per heavy atom. The molecule has 1 N–H and O–H groups in total. The van der Waals surface area contributed by atoms with Crippen LogP contribution >= 0.6 is 11.6 Å². The summed E-state index contributed by atoms with van der Waals surface area (Å²) < 4.78 is 2.39. The minimum absolute atomic E-state index is 0.138. The van der Waals surface area contributed by atoms with Gasteiger partial charge in [-0.1, -0.05) is 54.9 Å². The lowest BCUT2D eigenvalue weighted by atomic mass is 9.95. The Balaban J connectivity index is 1.48. The van der Waals surface area contributed by atoms with Crippen molar-refractivity contribution in [3.63, 3.8) is 0 Å². The summed E-state index contributed by atoms with van der Waals surface area (Å²) in [6.45, 7) is 7.73. The van der Waals surface area contributed by atoms with Crippen LogP contribution in [0.1, 0.15) is 44.4 Å². The molecule has 0 unspecified atom stereocenters. The van der Waals surface area contributed by atoms with Gasteiger partial charge in [0.15, 0.2) is 0 Å². The van der Waals surface area contributed by atoms with Crippen LogP contribution in [-0.4, -0.2) is 34.5 Å². The minimum atomic E-state index is 0.138. The van der Waals surface area contributed by atoms with Crippen molar-refractivity contribution < 1.29 is 4.79 Å². The topological polar surface area (TPSA) is 37.3 Å². The lowest BCUT2D eigenvalue weighted by Gasteiger charge is -2.32. The number of nitrogens with one attached hydrogen (secondary N) is 1. The highest BCUT2D eigenvalue weighted by Gasteiger charge is 2.26. The molecule has 1 aromatic heterocycles. The maximum atomic E-state index is 12.5. The van der Waals surface area contributed by atoms with Crippen molar-refractivity contribution >= 4 is 28.4 Å². The molecule has 0 bridgehead atoms. The first-order valence-corrected chi connectivity index (χ1v) is 11.8. The predicted molar refractivity (Wildman–Crippen MR) is 128 cm³/mol. The van der Waals surface area contributed by atoms with Crippen molar-refractivity contribution in [3.8, 4) is 0 Å². The third-order valence-corrected chi connectivity index (χ3v) is 6.90. The fraction of sp³-hybridized carbons (Fsp3) is 0.423. The molecule has 0 saturated carbocycles. The Hall–Kier alpha value is -2.30. The van der Waals surface area contributed by atoms with Crippen molar-refractivity contribution in [2.45, 2.75) is 52.2 Å². The second-order valence-electron chi connectivity index (χ2n) is 8.74. The number of amides is 1. The monoisotopic (exact) mass is 437 g/mol. The highest BCUT2D eigenvalue weighted by molar-refractivity contribution is 6.31. The molecule has 1 amide bonds. The van der Waals surface area contributed by atoms with E-state index < -0.39 is 0 Å². The molecule has 164 valence electrons. The molecule has 2 heterocycles. The number of carbonyl (C=O) groups excluding carboxylic acids is 1. The van der Waals surface area contributed by atoms with Crippen molar-refractivity contribution in [1.29, 1.82) is 0 Å². The number of halogens is 1. The predicted octanol–water partition coefficient (Wildman–Crippen LogP) is 5.47. The summed E-state index contributed by atoms with van der Waals surface area (Å²) in [7, 11) is 0. The lowest BCUT2D eigenvalue weighted by molar-refractivity contribution is -0.127. The highest BCUT2D eigenvalue weighted by atomic mass is 35.5. The first kappa shape index (κ1) is 21.9. The van der Waals surface area contributed by atoms with Gasteiger partial charge in [0.1, 0.15) is 0 Å². The molecule has 4 rings (SSSR count). The quantitative estimate of drug-likeness (QED) is 0.532. The molecule has 31 heavy (non-hydrogen) atoms. The van der Waals surface area contributed by atoms with Crippen molar-refractivity contribution in [2.24, 2.45) is 5.92 Å². The number of para-hydroxylation sites is 1. The maximum Gasteiger partial charge on any atom is 0.223 e. The summed E-state index contributed by atoms with van der Waals surface area (Å²) in [5.41, 5.74) is 3.66. The van der Waals surface area contributed by atoms with Crippen LogP contribution in [0.3, 0.4) is 0 Å². The van der Waals surface area contributed by atoms with Crippen LogP contribution in [0.15, 0.2) is 54.6 Å². The first-order chi connectivity index (χ1) is 15.0. The average molecular weight is 438 g/mol. The van der Waals surface area contributed by atoms with E-state index in [0.29, 0.717) is 0 Å². The summed E-state index contributed by atoms with van der Waals surface area (Å²) in [4.78, 5) is 15.0. The third kappa shape index (κ3) is 5.13. The average Bonchev–Trinajstić information content (AvgIpc) is 3.12. The smallest absolute Gasteiger partial charge is 0.223 e. The lowest BCUT2D eigenvalue weighted by Crippen LogP contribution is -2.42. The van der Waals surface area contributed by atoms with Gasteiger partial charge < -0.3 is 9.88 Å². The summed E-state index contributed by atoms with van der Waals surface area (Å²) >= 11 is 6.47. The number of benzene rings is 2. The molecule has 4 nitrogen and oxygen atoms in total. The summed E-state index contributed by atoms with van der Waals surface area (Å²) in [6, 6.07) is 19.2. The van der Waals surface area contributed by atoms with E-state index in [4.69, 9.17) is 11.6 Å². The van der Waals surface area contributed by atoms with Crippen LogP contribution in [-0.2, 0) is 17.9 Å². The van der Waals surface area contributed by atoms with E-state index in [9.17, 15) is 4.79 Å². The maximum absolute atomic E-state index is 12.5. The standard InChI is InChI=1S/C26H32ClN3O/c1-3-19(2)28-26(31)20-12-14-29(15-13-20)18-23-16-21-8-5-7-11-25(21)30(23)17-22-9-4-6-10-24(22)27/h4-11,16,19-20H,3,12-15,17-18H2,1-2H3,(H,28,31)/t19-/m0/s1. The Bertz CT molecular complexity index is 1040. The molecular formula is C26H32ClN3O. The van der Waals surface area contributed by atoms with Crippen molar-refractivity contribution in [3.05, 3.63) is 70.9 Å². The number of aromatic nitrogens is 1. The van der Waals surface area contributed by atoms with E-state index in [1.54, 1.807) is 0 Å². The van der Waals surface area contributed by atoms with E-state index in [-0.39, 0.29) is 17.9 Å². The van der Waals surface area contributed by atoms with Gasteiger partial charge in [-0.2, -0.15) is 0 Å². The molecule has 3 aromatic rings. The SMILES string of the molecule is CC[C@H](C)NC(=O)C1CCN(Cc2cc3ccccc3n2Cc2ccccc2Cl)CC1. The van der Waals surface area contributed by atoms with Gasteiger partial charge in [0.25, 0.3) is 0 Å². The third-order valence-electron chi connectivity index (χ3n) is 6.53. The van der Waals surface area contributed by atoms with E-state index >= 15 is 0 Å². The Labute approximate surface area is 190 Å². The molecular weight excluding hydrogens is 406 g/mol. The molecule has 0 spiro atoms. The summed E-state index contributed by atoms with van der Waals surface area (Å²) in [6.07, 6.45) is 2.82. The van der Waals surface area contributed by atoms with Gasteiger partial charge in [-0.25, -0.2) is 0 Å². The second kappa shape index (κ2) is 9.88. The van der Waals surface area contributed by atoms with Gasteiger partial charge in [0, 0.05) is 41.3 Å². The van der Waals surface area contributed by atoms with Gasteiger partial charge in [0.2, 0.25) is 5.91 Å². The van der Waals surface area contributed by atoms with Gasteiger partial charge in [-0.3, -0.25) is 9.69 Å². The molecule has 0 aliphatic carbocycles. The highest BCUT2D eigenvalue weighted by Crippen LogP contribution is 2.26. The Kier molecular flexibility index (Phi) is 6.99. The summed E-state index contributed by atoms with van der Waals surface area (Å²) in [5.74, 6) is 0.362. The van der Waals surface area contributed by atoms with Gasteiger partial charge in [-0.05, 0) is 68.4 Å². The Morgan fingerprint density at radius 2 is 1.81 bits per heavy atom. The Morgan fingerprint density at radius 3 is 2.55 bits per heavy atom. The number of fused-ring (bicyclic) bond motifs is 1. The van der Waals surface area contributed by atoms with Gasteiger partial charge in [0.05, 0.1) is 0 Å². The minimum Gasteiger partial charge on any atom is -0.353 e. The fourth-order valence-electron chi connectivity index (χ4n) is 4.43. The van der Waals surface area contributed by atoms with E-state index in [1.807, 2.05) is 18.2 Å². The van der Waals surface area contributed by atoms with E-state index in [2.05, 4.69) is 65.0 Å². The van der Waals surface area contributed by atoms with Gasteiger partial charge >= 0.3 is 0 Å². The zero-order chi connectivity index (χ0) is 21.8. The largest absolute Gasteiger partial charge is 0.353 e.